The molecule has 0 unspecified atom stereocenters. The van der Waals surface area contributed by atoms with Gasteiger partial charge in [-0.1, -0.05) is 35.3 Å². The molecule has 1 heterocycles. The van der Waals surface area contributed by atoms with E-state index in [1.54, 1.807) is 48.4 Å². The minimum absolute atomic E-state index is 0.0427. The van der Waals surface area contributed by atoms with E-state index in [2.05, 4.69) is 10.6 Å². The number of carbonyl (C=O) groups is 2. The quantitative estimate of drug-likeness (QED) is 0.693. The Morgan fingerprint density at radius 2 is 1.88 bits per heavy atom. The van der Waals surface area contributed by atoms with Crippen molar-refractivity contribution in [2.45, 2.75) is 19.4 Å². The summed E-state index contributed by atoms with van der Waals surface area (Å²) in [4.78, 5) is 27.4. The molecule has 8 heteroatoms. The summed E-state index contributed by atoms with van der Waals surface area (Å²) in [5.74, 6) is -0.409. The highest BCUT2D eigenvalue weighted by Crippen LogP contribution is 2.29. The van der Waals surface area contributed by atoms with E-state index in [-0.39, 0.29) is 18.4 Å². The normalized spacial score (nSPS) is 12.0. The van der Waals surface area contributed by atoms with Crippen molar-refractivity contribution in [3.8, 4) is 0 Å². The van der Waals surface area contributed by atoms with Crippen LogP contribution in [0.4, 0.5) is 5.69 Å². The molecule has 0 bridgehead atoms. The van der Waals surface area contributed by atoms with E-state index in [0.717, 1.165) is 6.42 Å². The van der Waals surface area contributed by atoms with E-state index in [1.807, 2.05) is 17.5 Å². The van der Waals surface area contributed by atoms with E-state index >= 15 is 0 Å². The fraction of sp³-hybridized carbons (Fsp3) is 0.333. The zero-order valence-corrected chi connectivity index (χ0v) is 16.9. The molecule has 2 rings (SSSR count). The van der Waals surface area contributed by atoms with E-state index in [4.69, 9.17) is 23.2 Å². The van der Waals surface area contributed by atoms with Crippen LogP contribution >= 0.6 is 34.5 Å². The van der Waals surface area contributed by atoms with E-state index in [1.165, 1.54) is 4.88 Å². The van der Waals surface area contributed by atoms with Gasteiger partial charge < -0.3 is 10.6 Å². The first-order valence-electron chi connectivity index (χ1n) is 8.12. The molecule has 1 atom stereocenters. The van der Waals surface area contributed by atoms with Gasteiger partial charge in [0, 0.05) is 11.4 Å². The molecule has 0 aliphatic carbocycles. The zero-order chi connectivity index (χ0) is 19.1. The van der Waals surface area contributed by atoms with Crippen molar-refractivity contribution in [1.29, 1.82) is 0 Å². The number of nitrogens with one attached hydrogen (secondary N) is 2. The Kier molecular flexibility index (Phi) is 7.90. The molecule has 2 N–H and O–H groups in total. The van der Waals surface area contributed by atoms with Crippen LogP contribution in [0.5, 0.6) is 0 Å². The van der Waals surface area contributed by atoms with Crippen molar-refractivity contribution in [2.24, 2.45) is 0 Å². The summed E-state index contributed by atoms with van der Waals surface area (Å²) in [6.07, 6.45) is 0.797. The van der Waals surface area contributed by atoms with Crippen molar-refractivity contribution >= 4 is 52.0 Å². The molecule has 0 aliphatic rings. The number of likely N-dealkylation sites (N-methyl/N-ethyl adjacent to an activating group) is 1. The lowest BCUT2D eigenvalue weighted by Crippen LogP contribution is -2.46. The molecular formula is C18H21Cl2N3O2S. The molecule has 0 aliphatic heterocycles. The van der Waals surface area contributed by atoms with Crippen molar-refractivity contribution in [3.63, 3.8) is 0 Å². The third kappa shape index (κ3) is 5.99. The zero-order valence-electron chi connectivity index (χ0n) is 14.6. The number of rotatable bonds is 8. The Bertz CT molecular complexity index is 733. The molecule has 5 nitrogen and oxygen atoms in total. The Morgan fingerprint density at radius 3 is 2.50 bits per heavy atom. The Labute approximate surface area is 167 Å². The number of amides is 2. The number of nitrogens with zero attached hydrogens (tertiary/aromatic N) is 1. The molecule has 2 aromatic rings. The second kappa shape index (κ2) is 9.92. The number of halogens is 2. The number of anilines is 1. The Hall–Kier alpha value is -1.60. The number of hydrogen-bond donors (Lipinski definition) is 2. The highest BCUT2D eigenvalue weighted by Gasteiger charge is 2.20. The molecular weight excluding hydrogens is 393 g/mol. The second-order valence-corrected chi connectivity index (χ2v) is 7.70. The average molecular weight is 414 g/mol. The predicted molar refractivity (Wildman–Crippen MR) is 108 cm³/mol. The van der Waals surface area contributed by atoms with Crippen molar-refractivity contribution in [3.05, 3.63) is 50.6 Å². The van der Waals surface area contributed by atoms with Gasteiger partial charge in [-0.05, 0) is 44.0 Å². The SMILES string of the molecule is C[C@@H](C(=O)NCCc1cccs1)N(C)CC(=O)Nc1c(Cl)cccc1Cl. The highest BCUT2D eigenvalue weighted by molar-refractivity contribution is 7.09. The van der Waals surface area contributed by atoms with Gasteiger partial charge in [0.25, 0.3) is 0 Å². The summed E-state index contributed by atoms with van der Waals surface area (Å²) in [7, 11) is 1.72. The van der Waals surface area contributed by atoms with Gasteiger partial charge in [0.2, 0.25) is 11.8 Å². The molecule has 26 heavy (non-hydrogen) atoms. The van der Waals surface area contributed by atoms with Gasteiger partial charge in [-0.25, -0.2) is 0 Å². The minimum atomic E-state index is -0.439. The predicted octanol–water partition coefficient (Wildman–Crippen LogP) is 3.67. The summed E-state index contributed by atoms with van der Waals surface area (Å²) in [6, 6.07) is 8.59. The molecule has 0 fully saturated rings. The van der Waals surface area contributed by atoms with Gasteiger partial charge >= 0.3 is 0 Å². The number of benzene rings is 1. The second-order valence-electron chi connectivity index (χ2n) is 5.86. The van der Waals surface area contributed by atoms with Gasteiger partial charge in [0.05, 0.1) is 28.3 Å². The fourth-order valence-electron chi connectivity index (χ4n) is 2.27. The van der Waals surface area contributed by atoms with Gasteiger partial charge in [-0.2, -0.15) is 0 Å². The topological polar surface area (TPSA) is 61.4 Å². The maximum absolute atomic E-state index is 12.2. The van der Waals surface area contributed by atoms with Crippen molar-refractivity contribution in [2.75, 3.05) is 25.5 Å². The standard InChI is InChI=1S/C18H21Cl2N3O2S/c1-12(18(25)21-9-8-13-5-4-10-26-13)23(2)11-16(24)22-17-14(19)6-3-7-15(17)20/h3-7,10,12H,8-9,11H2,1-2H3,(H,21,25)(H,22,24)/t12-/m0/s1. The molecule has 0 radical (unpaired) electrons. The number of para-hydroxylation sites is 1. The van der Waals surface area contributed by atoms with Crippen LogP contribution in [0.2, 0.25) is 10.0 Å². The monoisotopic (exact) mass is 413 g/mol. The first-order valence-corrected chi connectivity index (χ1v) is 9.76. The molecule has 140 valence electrons. The van der Waals surface area contributed by atoms with Gasteiger partial charge in [-0.15, -0.1) is 11.3 Å². The first kappa shape index (κ1) is 20.7. The smallest absolute Gasteiger partial charge is 0.238 e. The van der Waals surface area contributed by atoms with Crippen LogP contribution in [0.3, 0.4) is 0 Å². The summed E-state index contributed by atoms with van der Waals surface area (Å²) in [6.45, 7) is 2.37. The van der Waals surface area contributed by atoms with Crippen LogP contribution in [0.1, 0.15) is 11.8 Å². The fourth-order valence-corrected chi connectivity index (χ4v) is 3.47. The lowest BCUT2D eigenvalue weighted by Gasteiger charge is -2.23. The van der Waals surface area contributed by atoms with Crippen LogP contribution in [0, 0.1) is 0 Å². The minimum Gasteiger partial charge on any atom is -0.354 e. The molecule has 1 aromatic carbocycles. The third-order valence-corrected chi connectivity index (χ3v) is 5.48. The van der Waals surface area contributed by atoms with E-state index < -0.39 is 6.04 Å². The van der Waals surface area contributed by atoms with Crippen LogP contribution in [-0.2, 0) is 16.0 Å². The lowest BCUT2D eigenvalue weighted by atomic mass is 10.2. The summed E-state index contributed by atoms with van der Waals surface area (Å²) in [5.41, 5.74) is 0.377. The van der Waals surface area contributed by atoms with Crippen LogP contribution in [-0.4, -0.2) is 42.9 Å². The molecule has 0 spiro atoms. The maximum Gasteiger partial charge on any atom is 0.238 e. The van der Waals surface area contributed by atoms with Crippen LogP contribution in [0.15, 0.2) is 35.7 Å². The number of thiophene rings is 1. The summed E-state index contributed by atoms with van der Waals surface area (Å²) < 4.78 is 0. The van der Waals surface area contributed by atoms with Gasteiger partial charge in [0.1, 0.15) is 0 Å². The first-order chi connectivity index (χ1) is 12.4. The van der Waals surface area contributed by atoms with E-state index in [9.17, 15) is 9.59 Å². The molecule has 2 amide bonds. The van der Waals surface area contributed by atoms with Gasteiger partial charge in [0.15, 0.2) is 0 Å². The largest absolute Gasteiger partial charge is 0.354 e. The van der Waals surface area contributed by atoms with Crippen LogP contribution < -0.4 is 10.6 Å². The van der Waals surface area contributed by atoms with Crippen molar-refractivity contribution in [1.82, 2.24) is 10.2 Å². The molecule has 1 aromatic heterocycles. The highest BCUT2D eigenvalue weighted by atomic mass is 35.5. The van der Waals surface area contributed by atoms with Crippen LogP contribution in [0.25, 0.3) is 0 Å². The van der Waals surface area contributed by atoms with E-state index in [0.29, 0.717) is 22.3 Å². The number of carbonyl (C=O) groups excluding carboxylic acids is 2. The average Bonchev–Trinajstić information content (AvgIpc) is 3.10. The summed E-state index contributed by atoms with van der Waals surface area (Å²) >= 11 is 13.8. The third-order valence-electron chi connectivity index (χ3n) is 3.91. The maximum atomic E-state index is 12.2. The van der Waals surface area contributed by atoms with Crippen molar-refractivity contribution < 1.29 is 9.59 Å². The molecule has 0 saturated carbocycles. The number of hydrogen-bond acceptors (Lipinski definition) is 4. The Morgan fingerprint density at radius 1 is 1.19 bits per heavy atom. The Balaban J connectivity index is 1.80. The van der Waals surface area contributed by atoms with Gasteiger partial charge in [-0.3, -0.25) is 14.5 Å². The lowest BCUT2D eigenvalue weighted by molar-refractivity contribution is -0.126. The summed E-state index contributed by atoms with van der Waals surface area (Å²) in [5, 5.41) is 8.33. The molecule has 0 saturated heterocycles.